The molecule has 0 aromatic carbocycles. The average molecular weight is 300 g/mol. The molecule has 0 saturated carbocycles. The van der Waals surface area contributed by atoms with E-state index in [0.717, 1.165) is 24.4 Å². The number of hydrogen-bond acceptors (Lipinski definition) is 2. The summed E-state index contributed by atoms with van der Waals surface area (Å²) in [6, 6.07) is 1.06. The molecule has 0 atom stereocenters. The predicted octanol–water partition coefficient (Wildman–Crippen LogP) is 4.37. The number of pyridine rings is 1. The summed E-state index contributed by atoms with van der Waals surface area (Å²) in [4.78, 5) is 3.78. The fourth-order valence-electron chi connectivity index (χ4n) is 0.885. The van der Waals surface area contributed by atoms with Crippen LogP contribution in [0.2, 0.25) is 0 Å². The summed E-state index contributed by atoms with van der Waals surface area (Å²) in [5.74, 6) is 0.844. The molecule has 0 aliphatic rings. The van der Waals surface area contributed by atoms with Gasteiger partial charge < -0.3 is 0 Å². The van der Waals surface area contributed by atoms with E-state index >= 15 is 0 Å². The van der Waals surface area contributed by atoms with Crippen LogP contribution in [0.3, 0.4) is 0 Å². The van der Waals surface area contributed by atoms with Crippen molar-refractivity contribution >= 4 is 27.7 Å². The molecule has 0 fully saturated rings. The van der Waals surface area contributed by atoms with Crippen molar-refractivity contribution in [1.29, 1.82) is 0 Å². The second kappa shape index (κ2) is 5.21. The van der Waals surface area contributed by atoms with E-state index in [-0.39, 0.29) is 0 Å². The summed E-state index contributed by atoms with van der Waals surface area (Å²) < 4.78 is 37.3. The van der Waals surface area contributed by atoms with Crippen LogP contribution in [0.4, 0.5) is 13.2 Å². The standard InChI is InChI=1S/C9H9BrF3NS/c1-2-3-15-8-7(10)4-6(5-14-8)9(11,12)13/h4-5H,2-3H2,1H3. The van der Waals surface area contributed by atoms with Crippen LogP contribution < -0.4 is 0 Å². The number of aromatic nitrogens is 1. The Balaban J connectivity index is 2.88. The van der Waals surface area contributed by atoms with E-state index in [0.29, 0.717) is 9.50 Å². The first-order chi connectivity index (χ1) is 6.95. The molecule has 1 rings (SSSR count). The third-order valence-electron chi connectivity index (χ3n) is 1.58. The van der Waals surface area contributed by atoms with E-state index in [1.54, 1.807) is 0 Å². The molecular weight excluding hydrogens is 291 g/mol. The van der Waals surface area contributed by atoms with Crippen LogP contribution in [-0.2, 0) is 6.18 Å². The minimum atomic E-state index is -4.33. The van der Waals surface area contributed by atoms with Gasteiger partial charge in [-0.2, -0.15) is 13.2 Å². The van der Waals surface area contributed by atoms with E-state index in [9.17, 15) is 13.2 Å². The van der Waals surface area contributed by atoms with Gasteiger partial charge in [0.1, 0.15) is 5.03 Å². The summed E-state index contributed by atoms with van der Waals surface area (Å²) in [6.45, 7) is 2.00. The van der Waals surface area contributed by atoms with Gasteiger partial charge in [-0.15, -0.1) is 11.8 Å². The van der Waals surface area contributed by atoms with Crippen LogP contribution in [0.5, 0.6) is 0 Å². The van der Waals surface area contributed by atoms with E-state index in [2.05, 4.69) is 20.9 Å². The van der Waals surface area contributed by atoms with E-state index < -0.39 is 11.7 Å². The molecule has 0 saturated heterocycles. The lowest BCUT2D eigenvalue weighted by Crippen LogP contribution is -2.05. The summed E-state index contributed by atoms with van der Waals surface area (Å²) >= 11 is 4.53. The largest absolute Gasteiger partial charge is 0.417 e. The summed E-state index contributed by atoms with van der Waals surface area (Å²) in [5.41, 5.74) is -0.727. The first-order valence-electron chi connectivity index (χ1n) is 4.30. The SMILES string of the molecule is CCCSc1ncc(C(F)(F)F)cc1Br. The van der Waals surface area contributed by atoms with Gasteiger partial charge >= 0.3 is 6.18 Å². The van der Waals surface area contributed by atoms with Crippen molar-refractivity contribution in [3.8, 4) is 0 Å². The van der Waals surface area contributed by atoms with Crippen LogP contribution in [0.1, 0.15) is 18.9 Å². The number of halogens is 4. The van der Waals surface area contributed by atoms with Crippen molar-refractivity contribution in [1.82, 2.24) is 4.98 Å². The Kier molecular flexibility index (Phi) is 4.45. The molecular formula is C9H9BrF3NS. The Labute approximate surface area is 98.6 Å². The Bertz CT molecular complexity index is 341. The molecule has 0 radical (unpaired) electrons. The van der Waals surface area contributed by atoms with Crippen LogP contribution >= 0.6 is 27.7 Å². The Hall–Kier alpha value is -0.230. The summed E-state index contributed by atoms with van der Waals surface area (Å²) in [6.07, 6.45) is -2.51. The van der Waals surface area contributed by atoms with Gasteiger partial charge in [0.25, 0.3) is 0 Å². The third kappa shape index (κ3) is 3.68. The highest BCUT2D eigenvalue weighted by Gasteiger charge is 2.31. The number of hydrogen-bond donors (Lipinski definition) is 0. The van der Waals surface area contributed by atoms with Crippen LogP contribution in [0.25, 0.3) is 0 Å². The minimum absolute atomic E-state index is 0.399. The molecule has 0 aliphatic heterocycles. The molecule has 0 unspecified atom stereocenters. The van der Waals surface area contributed by atoms with Crippen molar-refractivity contribution in [2.24, 2.45) is 0 Å². The van der Waals surface area contributed by atoms with Gasteiger partial charge in [0.05, 0.1) is 10.0 Å². The molecule has 0 bridgehead atoms. The molecule has 0 N–H and O–H groups in total. The third-order valence-corrected chi connectivity index (χ3v) is 3.66. The van der Waals surface area contributed by atoms with Crippen molar-refractivity contribution in [3.05, 3.63) is 22.3 Å². The maximum Gasteiger partial charge on any atom is 0.417 e. The van der Waals surface area contributed by atoms with Crippen molar-refractivity contribution < 1.29 is 13.2 Å². The Morgan fingerprint density at radius 2 is 2.13 bits per heavy atom. The van der Waals surface area contributed by atoms with Crippen molar-refractivity contribution in [2.75, 3.05) is 5.75 Å². The number of rotatable bonds is 3. The second-order valence-corrected chi connectivity index (χ2v) is 4.80. The molecule has 1 heterocycles. The minimum Gasteiger partial charge on any atom is -0.248 e. The molecule has 1 nitrogen and oxygen atoms in total. The normalized spacial score (nSPS) is 11.8. The quantitative estimate of drug-likeness (QED) is 0.769. The molecule has 6 heteroatoms. The van der Waals surface area contributed by atoms with Gasteiger partial charge in [-0.25, -0.2) is 4.98 Å². The fraction of sp³-hybridized carbons (Fsp3) is 0.444. The summed E-state index contributed by atoms with van der Waals surface area (Å²) in [7, 11) is 0. The number of nitrogens with zero attached hydrogens (tertiary/aromatic N) is 1. The van der Waals surface area contributed by atoms with Gasteiger partial charge in [0, 0.05) is 6.20 Å². The molecule has 15 heavy (non-hydrogen) atoms. The van der Waals surface area contributed by atoms with E-state index in [1.165, 1.54) is 11.8 Å². The zero-order valence-corrected chi connectivity index (χ0v) is 10.3. The van der Waals surface area contributed by atoms with Crippen molar-refractivity contribution in [3.63, 3.8) is 0 Å². The maximum atomic E-state index is 12.3. The fourth-order valence-corrected chi connectivity index (χ4v) is 2.30. The highest BCUT2D eigenvalue weighted by atomic mass is 79.9. The zero-order valence-electron chi connectivity index (χ0n) is 7.94. The van der Waals surface area contributed by atoms with E-state index in [4.69, 9.17) is 0 Å². The molecule has 1 aromatic rings. The first-order valence-corrected chi connectivity index (χ1v) is 6.08. The average Bonchev–Trinajstić information content (AvgIpc) is 2.14. The van der Waals surface area contributed by atoms with Crippen molar-refractivity contribution in [2.45, 2.75) is 24.5 Å². The maximum absolute atomic E-state index is 12.3. The van der Waals surface area contributed by atoms with Gasteiger partial charge in [-0.1, -0.05) is 6.92 Å². The van der Waals surface area contributed by atoms with Gasteiger partial charge in [0.15, 0.2) is 0 Å². The lowest BCUT2D eigenvalue weighted by atomic mass is 10.3. The summed E-state index contributed by atoms with van der Waals surface area (Å²) in [5, 5.41) is 0.602. The molecule has 0 spiro atoms. The van der Waals surface area contributed by atoms with Gasteiger partial charge in [0.2, 0.25) is 0 Å². The topological polar surface area (TPSA) is 12.9 Å². The van der Waals surface area contributed by atoms with Crippen LogP contribution in [0.15, 0.2) is 21.8 Å². The smallest absolute Gasteiger partial charge is 0.248 e. The number of alkyl halides is 3. The van der Waals surface area contributed by atoms with Gasteiger partial charge in [-0.05, 0) is 34.2 Å². The lowest BCUT2D eigenvalue weighted by molar-refractivity contribution is -0.137. The van der Waals surface area contributed by atoms with Crippen LogP contribution in [0, 0.1) is 0 Å². The monoisotopic (exact) mass is 299 g/mol. The lowest BCUT2D eigenvalue weighted by Gasteiger charge is -2.08. The highest BCUT2D eigenvalue weighted by Crippen LogP contribution is 2.33. The predicted molar refractivity (Wildman–Crippen MR) is 58.0 cm³/mol. The first kappa shape index (κ1) is 12.8. The Morgan fingerprint density at radius 3 is 2.60 bits per heavy atom. The second-order valence-electron chi connectivity index (χ2n) is 2.86. The van der Waals surface area contributed by atoms with E-state index in [1.807, 2.05) is 6.92 Å². The van der Waals surface area contributed by atoms with Gasteiger partial charge in [-0.3, -0.25) is 0 Å². The zero-order chi connectivity index (χ0) is 11.5. The van der Waals surface area contributed by atoms with Crippen LogP contribution in [-0.4, -0.2) is 10.7 Å². The molecule has 84 valence electrons. The molecule has 0 amide bonds. The number of thioether (sulfide) groups is 1. The molecule has 0 aliphatic carbocycles. The Morgan fingerprint density at radius 1 is 1.47 bits per heavy atom. The highest BCUT2D eigenvalue weighted by molar-refractivity contribution is 9.10. The molecule has 1 aromatic heterocycles.